The molecular weight excluding hydrogens is 380 g/mol. The van der Waals surface area contributed by atoms with Crippen LogP contribution in [-0.4, -0.2) is 4.92 Å². The predicted molar refractivity (Wildman–Crippen MR) is 106 cm³/mol. The number of aryl methyl sites for hydroxylation is 2. The van der Waals surface area contributed by atoms with Crippen molar-refractivity contribution >= 4 is 27.3 Å². The first-order chi connectivity index (χ1) is 12.0. The van der Waals surface area contributed by atoms with Gasteiger partial charge in [0.05, 0.1) is 4.92 Å². The van der Waals surface area contributed by atoms with E-state index in [1.807, 2.05) is 24.3 Å². The lowest BCUT2D eigenvalue weighted by Crippen LogP contribution is -1.92. The van der Waals surface area contributed by atoms with E-state index in [4.69, 9.17) is 5.73 Å². The molecule has 0 amide bonds. The summed E-state index contributed by atoms with van der Waals surface area (Å²) in [5.41, 5.74) is 9.36. The first-order valence-electron chi connectivity index (χ1n) is 7.83. The Bertz CT molecular complexity index is 823. The maximum absolute atomic E-state index is 10.1. The summed E-state index contributed by atoms with van der Waals surface area (Å²) in [5, 5.41) is 10.1. The number of rotatable bonds is 4. The van der Waals surface area contributed by atoms with Crippen molar-refractivity contribution in [3.8, 4) is 0 Å². The Balaban J connectivity index is 0.000000196. The lowest BCUT2D eigenvalue weighted by molar-refractivity contribution is -0.384. The third-order valence-corrected chi connectivity index (χ3v) is 4.01. The van der Waals surface area contributed by atoms with Crippen LogP contribution >= 0.6 is 15.9 Å². The summed E-state index contributed by atoms with van der Waals surface area (Å²) in [5.74, 6) is 0. The molecule has 0 atom stereocenters. The van der Waals surface area contributed by atoms with Crippen LogP contribution in [0.25, 0.3) is 0 Å². The minimum atomic E-state index is -0.426. The van der Waals surface area contributed by atoms with Crippen LogP contribution in [0.5, 0.6) is 0 Å². The molecule has 0 aromatic heterocycles. The van der Waals surface area contributed by atoms with Crippen molar-refractivity contribution in [2.75, 3.05) is 5.73 Å². The van der Waals surface area contributed by atoms with E-state index < -0.39 is 4.92 Å². The third kappa shape index (κ3) is 6.77. The van der Waals surface area contributed by atoms with Crippen LogP contribution in [-0.2, 0) is 12.8 Å². The minimum absolute atomic E-state index is 0.106. The lowest BCUT2D eigenvalue weighted by Gasteiger charge is -2.02. The molecule has 0 spiro atoms. The van der Waals surface area contributed by atoms with Crippen molar-refractivity contribution in [1.29, 1.82) is 0 Å². The zero-order valence-corrected chi connectivity index (χ0v) is 15.2. The van der Waals surface area contributed by atoms with Crippen LogP contribution in [0, 0.1) is 10.1 Å². The predicted octanol–water partition coefficient (Wildman–Crippen LogP) is 5.41. The van der Waals surface area contributed by atoms with Gasteiger partial charge in [0.25, 0.3) is 5.69 Å². The van der Waals surface area contributed by atoms with E-state index in [-0.39, 0.29) is 5.69 Å². The van der Waals surface area contributed by atoms with Gasteiger partial charge in [0.1, 0.15) is 0 Å². The van der Waals surface area contributed by atoms with Gasteiger partial charge >= 0.3 is 0 Å². The molecule has 25 heavy (non-hydrogen) atoms. The largest absolute Gasteiger partial charge is 0.399 e. The van der Waals surface area contributed by atoms with Gasteiger partial charge in [0.2, 0.25) is 0 Å². The number of non-ortho nitro benzene ring substituents is 1. The Morgan fingerprint density at radius 2 is 1.48 bits per heavy atom. The summed E-state index contributed by atoms with van der Waals surface area (Å²) in [6.45, 7) is 0. The molecule has 0 saturated carbocycles. The summed E-state index contributed by atoms with van der Waals surface area (Å²) in [6.07, 6.45) is 2.12. The normalized spacial score (nSPS) is 9.80. The fourth-order valence-electron chi connectivity index (χ4n) is 2.27. The Hall–Kier alpha value is -2.66. The molecule has 4 nitrogen and oxygen atoms in total. The molecule has 0 heterocycles. The highest BCUT2D eigenvalue weighted by Crippen LogP contribution is 2.17. The van der Waals surface area contributed by atoms with Gasteiger partial charge < -0.3 is 5.73 Å². The second-order valence-corrected chi connectivity index (χ2v) is 6.38. The average Bonchev–Trinajstić information content (AvgIpc) is 2.61. The van der Waals surface area contributed by atoms with E-state index >= 15 is 0 Å². The molecule has 0 bridgehead atoms. The highest BCUT2D eigenvalue weighted by Gasteiger charge is 2.02. The van der Waals surface area contributed by atoms with Crippen LogP contribution in [0.4, 0.5) is 11.4 Å². The number of nitrogen functional groups attached to an aromatic ring is 1. The summed E-state index contributed by atoms with van der Waals surface area (Å²) in [7, 11) is 0. The lowest BCUT2D eigenvalue weighted by atomic mass is 10.0. The van der Waals surface area contributed by atoms with Gasteiger partial charge in [0, 0.05) is 22.3 Å². The minimum Gasteiger partial charge on any atom is -0.399 e. The highest BCUT2D eigenvalue weighted by molar-refractivity contribution is 9.10. The van der Waals surface area contributed by atoms with Crippen LogP contribution in [0.15, 0.2) is 83.3 Å². The Morgan fingerprint density at radius 1 is 0.840 bits per heavy atom. The zero-order valence-electron chi connectivity index (χ0n) is 13.6. The van der Waals surface area contributed by atoms with Gasteiger partial charge in [0.15, 0.2) is 0 Å². The monoisotopic (exact) mass is 398 g/mol. The Labute approximate surface area is 155 Å². The molecule has 2 N–H and O–H groups in total. The van der Waals surface area contributed by atoms with Crippen molar-refractivity contribution in [2.24, 2.45) is 0 Å². The van der Waals surface area contributed by atoms with E-state index in [1.165, 1.54) is 23.3 Å². The molecule has 0 saturated heterocycles. The third-order valence-electron chi connectivity index (χ3n) is 3.52. The summed E-state index contributed by atoms with van der Waals surface area (Å²) >= 11 is 3.13. The van der Waals surface area contributed by atoms with Crippen molar-refractivity contribution in [2.45, 2.75) is 12.8 Å². The van der Waals surface area contributed by atoms with Crippen molar-refractivity contribution in [3.05, 3.63) is 105 Å². The van der Waals surface area contributed by atoms with Crippen LogP contribution in [0.3, 0.4) is 0 Å². The fourth-order valence-corrected chi connectivity index (χ4v) is 2.66. The molecule has 3 aromatic carbocycles. The first-order valence-corrected chi connectivity index (χ1v) is 8.62. The number of nitro groups is 1. The second-order valence-electron chi connectivity index (χ2n) is 5.47. The topological polar surface area (TPSA) is 69.2 Å². The molecule has 0 aliphatic carbocycles. The highest BCUT2D eigenvalue weighted by atomic mass is 79.9. The zero-order chi connectivity index (χ0) is 18.1. The molecule has 0 unspecified atom stereocenters. The molecule has 0 aliphatic rings. The second kappa shape index (κ2) is 9.59. The number of nitro benzene ring substituents is 1. The number of nitrogens with zero attached hydrogens (tertiary/aromatic N) is 1. The summed E-state index contributed by atoms with van der Waals surface area (Å²) in [4.78, 5) is 9.71. The molecule has 3 aromatic rings. The van der Waals surface area contributed by atoms with Crippen molar-refractivity contribution in [1.82, 2.24) is 0 Å². The van der Waals surface area contributed by atoms with Gasteiger partial charge in [-0.15, -0.1) is 0 Å². The smallest absolute Gasteiger partial charge is 0.270 e. The van der Waals surface area contributed by atoms with Gasteiger partial charge in [-0.05, 0) is 42.2 Å². The van der Waals surface area contributed by atoms with Gasteiger partial charge in [-0.1, -0.05) is 64.5 Å². The van der Waals surface area contributed by atoms with E-state index in [9.17, 15) is 10.1 Å². The molecule has 0 aliphatic heterocycles. The van der Waals surface area contributed by atoms with E-state index in [2.05, 4.69) is 46.3 Å². The standard InChI is InChI=1S/C14H15N.C6H4BrNO2/c15-14-8-4-7-13(11-14)10-9-12-5-2-1-3-6-12;7-5-2-1-3-6(4-5)8(9)10/h1-8,11H,9-10,15H2;1-4H. The van der Waals surface area contributed by atoms with Gasteiger partial charge in [-0.2, -0.15) is 0 Å². The number of hydrogen-bond donors (Lipinski definition) is 1. The summed E-state index contributed by atoms with van der Waals surface area (Å²) < 4.78 is 0.724. The average molecular weight is 399 g/mol. The number of nitrogens with two attached hydrogens (primary N) is 1. The van der Waals surface area contributed by atoms with Crippen molar-refractivity contribution < 1.29 is 4.92 Å². The van der Waals surface area contributed by atoms with Crippen molar-refractivity contribution in [3.63, 3.8) is 0 Å². The van der Waals surface area contributed by atoms with Gasteiger partial charge in [-0.3, -0.25) is 10.1 Å². The van der Waals surface area contributed by atoms with E-state index in [1.54, 1.807) is 12.1 Å². The molecule has 5 heteroatoms. The van der Waals surface area contributed by atoms with Crippen LogP contribution in [0.1, 0.15) is 11.1 Å². The molecular formula is C20H19BrN2O2. The quantitative estimate of drug-likeness (QED) is 0.362. The fraction of sp³-hybridized carbons (Fsp3) is 0.100. The maximum Gasteiger partial charge on any atom is 0.270 e. The van der Waals surface area contributed by atoms with E-state index in [0.29, 0.717) is 0 Å². The van der Waals surface area contributed by atoms with Crippen LogP contribution < -0.4 is 5.73 Å². The Kier molecular flexibility index (Phi) is 7.16. The number of halogens is 1. The Morgan fingerprint density at radius 3 is 2.08 bits per heavy atom. The number of anilines is 1. The SMILES string of the molecule is Nc1cccc(CCc2ccccc2)c1.O=[N+]([O-])c1cccc(Br)c1. The number of hydrogen-bond acceptors (Lipinski definition) is 3. The van der Waals surface area contributed by atoms with E-state index in [0.717, 1.165) is 23.0 Å². The van der Waals surface area contributed by atoms with Gasteiger partial charge in [-0.25, -0.2) is 0 Å². The maximum atomic E-state index is 10.1. The van der Waals surface area contributed by atoms with Crippen LogP contribution in [0.2, 0.25) is 0 Å². The molecule has 128 valence electrons. The molecule has 3 rings (SSSR count). The molecule has 0 radical (unpaired) electrons. The number of benzene rings is 3. The molecule has 0 fully saturated rings. The first kappa shape index (κ1) is 18.7. The summed E-state index contributed by atoms with van der Waals surface area (Å²) in [6, 6.07) is 24.9.